The normalized spacial score (nSPS) is 28.4. The van der Waals surface area contributed by atoms with Crippen LogP contribution in [0.1, 0.15) is 39.3 Å². The number of carbonyl (C=O) groups excluding carboxylic acids is 1. The average Bonchev–Trinajstić information content (AvgIpc) is 2.70. The van der Waals surface area contributed by atoms with Crippen molar-refractivity contribution in [1.82, 2.24) is 5.32 Å². The number of rotatable bonds is 11. The second kappa shape index (κ2) is 10.5. The first-order valence-corrected chi connectivity index (χ1v) is 9.86. The zero-order chi connectivity index (χ0) is 21.5. The molecule has 0 aliphatic carbocycles. The van der Waals surface area contributed by atoms with Crippen molar-refractivity contribution in [1.29, 1.82) is 0 Å². The van der Waals surface area contributed by atoms with Gasteiger partial charge in [-0.05, 0) is 26.3 Å². The first-order valence-electron chi connectivity index (χ1n) is 9.86. The smallest absolute Gasteiger partial charge is 0.340 e. The molecule has 1 N–H and O–H groups in total. The highest BCUT2D eigenvalue weighted by atomic mass is 16.8. The Hall–Kier alpha value is -1.55. The van der Waals surface area contributed by atoms with Gasteiger partial charge in [0.15, 0.2) is 12.4 Å². The fraction of sp³-hybridized carbons (Fsp3) is 0.667. The molecule has 0 saturated carbocycles. The van der Waals surface area contributed by atoms with Gasteiger partial charge in [0.1, 0.15) is 0 Å². The molecule has 4 atom stereocenters. The van der Waals surface area contributed by atoms with Gasteiger partial charge in [0, 0.05) is 40.9 Å². The number of ether oxygens (including phenoxy) is 6. The Morgan fingerprint density at radius 1 is 1.03 bits per heavy atom. The largest absolute Gasteiger partial charge is 0.425 e. The minimum atomic E-state index is -1.37. The highest BCUT2D eigenvalue weighted by Crippen LogP contribution is 2.40. The monoisotopic (exact) mass is 411 g/mol. The van der Waals surface area contributed by atoms with Gasteiger partial charge in [-0.25, -0.2) is 4.79 Å². The number of hydrogen-bond donors (Lipinski definition) is 1. The van der Waals surface area contributed by atoms with E-state index in [-0.39, 0.29) is 0 Å². The van der Waals surface area contributed by atoms with Gasteiger partial charge in [0.2, 0.25) is 5.79 Å². The lowest BCUT2D eigenvalue weighted by Crippen LogP contribution is -2.66. The van der Waals surface area contributed by atoms with E-state index in [2.05, 4.69) is 5.32 Å². The topological polar surface area (TPSA) is 84.5 Å². The molecular formula is C21H33NO7. The average molecular weight is 411 g/mol. The SMILES string of the molecule is CCO[C@@]1(C)OC(=O)[C@@H]([C@@H](NCC(OC)OC)c2ccccc2)O[C@]1(C)OCC. The maximum Gasteiger partial charge on any atom is 0.340 e. The molecule has 8 nitrogen and oxygen atoms in total. The molecule has 0 amide bonds. The molecule has 0 bridgehead atoms. The van der Waals surface area contributed by atoms with Gasteiger partial charge < -0.3 is 33.7 Å². The third kappa shape index (κ3) is 5.33. The van der Waals surface area contributed by atoms with Gasteiger partial charge >= 0.3 is 5.97 Å². The Morgan fingerprint density at radius 3 is 2.17 bits per heavy atom. The summed E-state index contributed by atoms with van der Waals surface area (Å²) in [6, 6.07) is 9.02. The molecule has 0 aromatic heterocycles. The zero-order valence-corrected chi connectivity index (χ0v) is 18.1. The van der Waals surface area contributed by atoms with Crippen LogP contribution in [0.3, 0.4) is 0 Å². The van der Waals surface area contributed by atoms with Crippen LogP contribution in [0.15, 0.2) is 30.3 Å². The van der Waals surface area contributed by atoms with E-state index in [9.17, 15) is 4.79 Å². The number of benzene rings is 1. The number of nitrogens with one attached hydrogen (secondary N) is 1. The van der Waals surface area contributed by atoms with Crippen molar-refractivity contribution in [3.8, 4) is 0 Å². The van der Waals surface area contributed by atoms with Gasteiger partial charge in [-0.3, -0.25) is 0 Å². The van der Waals surface area contributed by atoms with E-state index in [1.165, 1.54) is 0 Å². The Morgan fingerprint density at radius 2 is 1.62 bits per heavy atom. The summed E-state index contributed by atoms with van der Waals surface area (Å²) in [5.74, 6) is -3.19. The maximum absolute atomic E-state index is 13.0. The van der Waals surface area contributed by atoms with Crippen molar-refractivity contribution < 1.29 is 33.2 Å². The first kappa shape index (κ1) is 23.7. The molecule has 0 spiro atoms. The van der Waals surface area contributed by atoms with Crippen molar-refractivity contribution in [3.63, 3.8) is 0 Å². The van der Waals surface area contributed by atoms with Crippen LogP contribution in [0.4, 0.5) is 0 Å². The number of methoxy groups -OCH3 is 2. The second-order valence-corrected chi connectivity index (χ2v) is 6.91. The van der Waals surface area contributed by atoms with Crippen LogP contribution in [0.2, 0.25) is 0 Å². The molecule has 1 aromatic rings. The molecule has 1 fully saturated rings. The second-order valence-electron chi connectivity index (χ2n) is 6.91. The Bertz CT molecular complexity index is 639. The number of carbonyl (C=O) groups is 1. The summed E-state index contributed by atoms with van der Waals surface area (Å²) < 4.78 is 34.1. The van der Waals surface area contributed by atoms with Crippen LogP contribution >= 0.6 is 0 Å². The van der Waals surface area contributed by atoms with Gasteiger partial charge in [0.25, 0.3) is 5.79 Å². The standard InChI is InChI=1S/C21H33NO7/c1-7-26-20(3)21(4,27-8-2)29-19(23)18(28-20)17(15-12-10-9-11-13-15)22-14-16(24-5)25-6/h9-13,16-18,22H,7-8,14H2,1-6H3/t17-,18+,20-,21-/m0/s1. The van der Waals surface area contributed by atoms with Crippen LogP contribution in [-0.4, -0.2) is 63.9 Å². The highest BCUT2D eigenvalue weighted by molar-refractivity contribution is 5.77. The Balaban J connectivity index is 2.35. The molecule has 1 aliphatic heterocycles. The fourth-order valence-corrected chi connectivity index (χ4v) is 3.37. The fourth-order valence-electron chi connectivity index (χ4n) is 3.37. The van der Waals surface area contributed by atoms with Gasteiger partial charge in [-0.2, -0.15) is 0 Å². The molecule has 8 heteroatoms. The minimum absolute atomic E-state index is 0.337. The van der Waals surface area contributed by atoms with Crippen LogP contribution in [0.5, 0.6) is 0 Å². The van der Waals surface area contributed by atoms with Crippen LogP contribution in [0, 0.1) is 0 Å². The Labute approximate surface area is 172 Å². The third-order valence-electron chi connectivity index (χ3n) is 5.04. The zero-order valence-electron chi connectivity index (χ0n) is 18.1. The molecule has 1 heterocycles. The van der Waals surface area contributed by atoms with Crippen LogP contribution in [0.25, 0.3) is 0 Å². The maximum atomic E-state index is 13.0. The van der Waals surface area contributed by atoms with Gasteiger partial charge in [-0.1, -0.05) is 30.3 Å². The van der Waals surface area contributed by atoms with Crippen LogP contribution in [-0.2, 0) is 33.2 Å². The predicted octanol–water partition coefficient (Wildman–Crippen LogP) is 2.38. The molecule has 29 heavy (non-hydrogen) atoms. The molecule has 164 valence electrons. The summed E-state index contributed by atoms with van der Waals surface area (Å²) in [4.78, 5) is 13.0. The number of cyclic esters (lactones) is 1. The number of hydrogen-bond acceptors (Lipinski definition) is 8. The molecule has 1 aliphatic rings. The van der Waals surface area contributed by atoms with E-state index in [0.29, 0.717) is 19.8 Å². The quantitative estimate of drug-likeness (QED) is 0.439. The summed E-state index contributed by atoms with van der Waals surface area (Å²) in [5, 5.41) is 3.31. The van der Waals surface area contributed by atoms with Crippen molar-refractivity contribution in [3.05, 3.63) is 35.9 Å². The van der Waals surface area contributed by atoms with E-state index >= 15 is 0 Å². The van der Waals surface area contributed by atoms with E-state index < -0.39 is 36.0 Å². The van der Waals surface area contributed by atoms with Crippen molar-refractivity contribution in [2.75, 3.05) is 34.0 Å². The predicted molar refractivity (Wildman–Crippen MR) is 106 cm³/mol. The van der Waals surface area contributed by atoms with E-state index in [1.54, 1.807) is 28.1 Å². The lowest BCUT2D eigenvalue weighted by Gasteiger charge is -2.50. The molecule has 0 radical (unpaired) electrons. The molecule has 2 rings (SSSR count). The van der Waals surface area contributed by atoms with Crippen molar-refractivity contribution >= 4 is 5.97 Å². The minimum Gasteiger partial charge on any atom is -0.425 e. The Kier molecular flexibility index (Phi) is 8.57. The van der Waals surface area contributed by atoms with Gasteiger partial charge in [0.05, 0.1) is 6.04 Å². The summed E-state index contributed by atoms with van der Waals surface area (Å²) in [7, 11) is 3.11. The van der Waals surface area contributed by atoms with E-state index in [4.69, 9.17) is 28.4 Å². The molecular weight excluding hydrogens is 378 g/mol. The van der Waals surface area contributed by atoms with Crippen molar-refractivity contribution in [2.45, 2.75) is 57.7 Å². The molecule has 0 unspecified atom stereocenters. The lowest BCUT2D eigenvalue weighted by molar-refractivity contribution is -0.416. The first-order chi connectivity index (χ1) is 13.8. The summed E-state index contributed by atoms with van der Waals surface area (Å²) in [5.41, 5.74) is 0.860. The van der Waals surface area contributed by atoms with Crippen LogP contribution < -0.4 is 5.32 Å². The molecule has 1 aromatic carbocycles. The third-order valence-corrected chi connectivity index (χ3v) is 5.04. The highest BCUT2D eigenvalue weighted by Gasteiger charge is 2.59. The molecule has 1 saturated heterocycles. The van der Waals surface area contributed by atoms with Gasteiger partial charge in [-0.15, -0.1) is 0 Å². The van der Waals surface area contributed by atoms with Crippen molar-refractivity contribution in [2.24, 2.45) is 0 Å². The number of esters is 1. The van der Waals surface area contributed by atoms with E-state index in [0.717, 1.165) is 5.56 Å². The van der Waals surface area contributed by atoms with E-state index in [1.807, 2.05) is 44.2 Å². The summed E-state index contributed by atoms with van der Waals surface area (Å²) in [6.45, 7) is 8.08. The summed E-state index contributed by atoms with van der Waals surface area (Å²) in [6.07, 6.45) is -1.44. The lowest BCUT2D eigenvalue weighted by atomic mass is 9.98. The summed E-state index contributed by atoms with van der Waals surface area (Å²) >= 11 is 0.